The molecule has 0 aromatic heterocycles. The van der Waals surface area contributed by atoms with Crippen LogP contribution in [0, 0.1) is 0 Å². The molecule has 1 aromatic carbocycles. The molecule has 0 amide bonds. The van der Waals surface area contributed by atoms with E-state index in [1.807, 2.05) is 12.1 Å². The number of aliphatic hydroxyl groups excluding tert-OH is 1. The maximum Gasteiger partial charge on any atom is 0.123 e. The van der Waals surface area contributed by atoms with Gasteiger partial charge < -0.3 is 9.84 Å². The zero-order valence-corrected chi connectivity index (χ0v) is 14.2. The number of nitrogens with zero attached hydrogens (tertiary/aromatic N) is 1. The highest BCUT2D eigenvalue weighted by Crippen LogP contribution is 2.25. The summed E-state index contributed by atoms with van der Waals surface area (Å²) in [6.45, 7) is 10.5. The SMILES string of the molecule is CCCCN(Cc1cc(C(C)O)ccc1OC)C(C)CC. The largest absolute Gasteiger partial charge is 0.496 e. The van der Waals surface area contributed by atoms with E-state index in [1.165, 1.54) is 12.8 Å². The van der Waals surface area contributed by atoms with E-state index in [0.717, 1.165) is 36.4 Å². The summed E-state index contributed by atoms with van der Waals surface area (Å²) in [5, 5.41) is 9.79. The van der Waals surface area contributed by atoms with E-state index in [4.69, 9.17) is 4.74 Å². The van der Waals surface area contributed by atoms with E-state index < -0.39 is 6.10 Å². The number of hydrogen-bond donors (Lipinski definition) is 1. The first kappa shape index (κ1) is 18.0. The molecule has 0 fully saturated rings. The zero-order valence-electron chi connectivity index (χ0n) is 14.2. The summed E-state index contributed by atoms with van der Waals surface area (Å²) < 4.78 is 5.49. The van der Waals surface area contributed by atoms with Crippen LogP contribution in [0.15, 0.2) is 18.2 Å². The van der Waals surface area contributed by atoms with Gasteiger partial charge in [-0.05, 0) is 50.9 Å². The van der Waals surface area contributed by atoms with Gasteiger partial charge in [0.1, 0.15) is 5.75 Å². The standard InChI is InChI=1S/C18H31NO2/c1-6-8-11-19(14(3)7-2)13-17-12-16(15(4)20)9-10-18(17)21-5/h9-10,12,14-15,20H,6-8,11,13H2,1-5H3. The number of methoxy groups -OCH3 is 1. The van der Waals surface area contributed by atoms with Crippen molar-refractivity contribution >= 4 is 0 Å². The van der Waals surface area contributed by atoms with Crippen LogP contribution in [-0.2, 0) is 6.54 Å². The molecular weight excluding hydrogens is 262 g/mol. The molecule has 0 aliphatic heterocycles. The molecule has 3 nitrogen and oxygen atoms in total. The van der Waals surface area contributed by atoms with Gasteiger partial charge in [-0.15, -0.1) is 0 Å². The minimum Gasteiger partial charge on any atom is -0.496 e. The van der Waals surface area contributed by atoms with Gasteiger partial charge in [0.15, 0.2) is 0 Å². The van der Waals surface area contributed by atoms with Crippen LogP contribution in [0.5, 0.6) is 5.75 Å². The highest BCUT2D eigenvalue weighted by molar-refractivity contribution is 5.38. The third-order valence-corrected chi connectivity index (χ3v) is 4.17. The Balaban J connectivity index is 2.96. The van der Waals surface area contributed by atoms with Crippen LogP contribution in [0.3, 0.4) is 0 Å². The van der Waals surface area contributed by atoms with E-state index in [-0.39, 0.29) is 0 Å². The third-order valence-electron chi connectivity index (χ3n) is 4.17. The fourth-order valence-corrected chi connectivity index (χ4v) is 2.48. The fraction of sp³-hybridized carbons (Fsp3) is 0.667. The lowest BCUT2D eigenvalue weighted by Crippen LogP contribution is -2.33. The Hall–Kier alpha value is -1.06. The predicted molar refractivity (Wildman–Crippen MR) is 88.7 cm³/mol. The van der Waals surface area contributed by atoms with Crippen LogP contribution in [0.1, 0.15) is 64.2 Å². The normalized spacial score (nSPS) is 14.2. The van der Waals surface area contributed by atoms with E-state index in [1.54, 1.807) is 14.0 Å². The summed E-state index contributed by atoms with van der Waals surface area (Å²) in [7, 11) is 1.71. The van der Waals surface area contributed by atoms with Gasteiger partial charge in [0.2, 0.25) is 0 Å². The van der Waals surface area contributed by atoms with Crippen molar-refractivity contribution in [3.8, 4) is 5.75 Å². The smallest absolute Gasteiger partial charge is 0.123 e. The summed E-state index contributed by atoms with van der Waals surface area (Å²) in [6.07, 6.45) is 3.12. The number of aliphatic hydroxyl groups is 1. The number of hydrogen-bond acceptors (Lipinski definition) is 3. The molecule has 120 valence electrons. The van der Waals surface area contributed by atoms with Gasteiger partial charge in [0.25, 0.3) is 0 Å². The molecule has 0 spiro atoms. The minimum absolute atomic E-state index is 0.442. The molecule has 1 rings (SSSR count). The van der Waals surface area contributed by atoms with Crippen molar-refractivity contribution in [1.29, 1.82) is 0 Å². The van der Waals surface area contributed by atoms with Gasteiger partial charge >= 0.3 is 0 Å². The quantitative estimate of drug-likeness (QED) is 0.742. The fourth-order valence-electron chi connectivity index (χ4n) is 2.48. The predicted octanol–water partition coefficient (Wildman–Crippen LogP) is 4.15. The first-order chi connectivity index (χ1) is 10.0. The molecule has 0 heterocycles. The summed E-state index contributed by atoms with van der Waals surface area (Å²) >= 11 is 0. The van der Waals surface area contributed by atoms with Crippen molar-refractivity contribution in [2.45, 2.75) is 65.6 Å². The summed E-state index contributed by atoms with van der Waals surface area (Å²) in [5.41, 5.74) is 2.11. The van der Waals surface area contributed by atoms with E-state index in [9.17, 15) is 5.11 Å². The summed E-state index contributed by atoms with van der Waals surface area (Å²) in [5.74, 6) is 0.907. The van der Waals surface area contributed by atoms with Gasteiger partial charge in [-0.1, -0.05) is 26.3 Å². The first-order valence-electron chi connectivity index (χ1n) is 8.12. The van der Waals surface area contributed by atoms with Crippen molar-refractivity contribution in [2.75, 3.05) is 13.7 Å². The Bertz CT molecular complexity index is 418. The highest BCUT2D eigenvalue weighted by Gasteiger charge is 2.15. The Labute approximate surface area is 129 Å². The Morgan fingerprint density at radius 3 is 2.48 bits per heavy atom. The average Bonchev–Trinajstić information content (AvgIpc) is 2.50. The molecule has 0 saturated heterocycles. The number of ether oxygens (including phenoxy) is 1. The lowest BCUT2D eigenvalue weighted by atomic mass is 10.0. The molecule has 0 radical (unpaired) electrons. The van der Waals surface area contributed by atoms with Crippen LogP contribution < -0.4 is 4.74 Å². The van der Waals surface area contributed by atoms with E-state index in [0.29, 0.717) is 6.04 Å². The molecule has 0 saturated carbocycles. The second-order valence-electron chi connectivity index (χ2n) is 5.83. The molecule has 0 aliphatic carbocycles. The van der Waals surface area contributed by atoms with Crippen molar-refractivity contribution in [1.82, 2.24) is 4.90 Å². The lowest BCUT2D eigenvalue weighted by Gasteiger charge is -2.29. The van der Waals surface area contributed by atoms with Crippen molar-refractivity contribution < 1.29 is 9.84 Å². The van der Waals surface area contributed by atoms with Crippen molar-refractivity contribution in [3.05, 3.63) is 29.3 Å². The van der Waals surface area contributed by atoms with Gasteiger partial charge in [-0.25, -0.2) is 0 Å². The summed E-state index contributed by atoms with van der Waals surface area (Å²) in [4.78, 5) is 2.51. The van der Waals surface area contributed by atoms with Crippen LogP contribution in [0.2, 0.25) is 0 Å². The van der Waals surface area contributed by atoms with Crippen LogP contribution in [0.4, 0.5) is 0 Å². The van der Waals surface area contributed by atoms with Crippen LogP contribution in [-0.4, -0.2) is 29.7 Å². The molecule has 0 bridgehead atoms. The zero-order chi connectivity index (χ0) is 15.8. The second kappa shape index (κ2) is 9.06. The highest BCUT2D eigenvalue weighted by atomic mass is 16.5. The minimum atomic E-state index is -0.442. The maximum absolute atomic E-state index is 9.79. The monoisotopic (exact) mass is 293 g/mol. The molecule has 2 unspecified atom stereocenters. The van der Waals surface area contributed by atoms with Crippen molar-refractivity contribution in [3.63, 3.8) is 0 Å². The van der Waals surface area contributed by atoms with Gasteiger partial charge in [-0.2, -0.15) is 0 Å². The van der Waals surface area contributed by atoms with Gasteiger partial charge in [-0.3, -0.25) is 4.90 Å². The first-order valence-corrected chi connectivity index (χ1v) is 8.12. The molecule has 2 atom stereocenters. The topological polar surface area (TPSA) is 32.7 Å². The number of unbranched alkanes of at least 4 members (excludes halogenated alkanes) is 1. The molecular formula is C18H31NO2. The number of benzene rings is 1. The van der Waals surface area contributed by atoms with E-state index in [2.05, 4.69) is 31.7 Å². The average molecular weight is 293 g/mol. The second-order valence-corrected chi connectivity index (χ2v) is 5.83. The Morgan fingerprint density at radius 1 is 1.24 bits per heavy atom. The molecule has 3 heteroatoms. The molecule has 1 N–H and O–H groups in total. The summed E-state index contributed by atoms with van der Waals surface area (Å²) in [6, 6.07) is 6.53. The van der Waals surface area contributed by atoms with Crippen LogP contribution in [0.25, 0.3) is 0 Å². The van der Waals surface area contributed by atoms with Crippen molar-refractivity contribution in [2.24, 2.45) is 0 Å². The Morgan fingerprint density at radius 2 is 1.95 bits per heavy atom. The number of rotatable bonds is 9. The third kappa shape index (κ3) is 5.33. The lowest BCUT2D eigenvalue weighted by molar-refractivity contribution is 0.187. The maximum atomic E-state index is 9.79. The van der Waals surface area contributed by atoms with Gasteiger partial charge in [0, 0.05) is 18.2 Å². The van der Waals surface area contributed by atoms with E-state index >= 15 is 0 Å². The Kier molecular flexibility index (Phi) is 7.76. The molecule has 0 aliphatic rings. The van der Waals surface area contributed by atoms with Gasteiger partial charge in [0.05, 0.1) is 13.2 Å². The molecule has 1 aromatic rings. The molecule has 21 heavy (non-hydrogen) atoms. The van der Waals surface area contributed by atoms with Crippen LogP contribution >= 0.6 is 0 Å².